The summed E-state index contributed by atoms with van der Waals surface area (Å²) >= 11 is 5.46. The predicted octanol–water partition coefficient (Wildman–Crippen LogP) is 7.40. The van der Waals surface area contributed by atoms with E-state index in [-0.39, 0.29) is 6.17 Å². The summed E-state index contributed by atoms with van der Waals surface area (Å²) in [6.45, 7) is 7.16. The van der Waals surface area contributed by atoms with E-state index in [9.17, 15) is 0 Å². The highest BCUT2D eigenvalue weighted by Crippen LogP contribution is 2.51. The van der Waals surface area contributed by atoms with E-state index in [1.807, 2.05) is 11.3 Å². The van der Waals surface area contributed by atoms with E-state index < -0.39 is 0 Å². The largest absolute Gasteiger partial charge is 0.280 e. The molecule has 2 aromatic heterocycles. The van der Waals surface area contributed by atoms with Gasteiger partial charge in [-0.1, -0.05) is 105 Å². The third-order valence-electron chi connectivity index (χ3n) is 7.99. The summed E-state index contributed by atoms with van der Waals surface area (Å²) in [5.41, 5.74) is 9.27. The highest BCUT2D eigenvalue weighted by Gasteiger charge is 2.45. The number of aromatic nitrogens is 3. The van der Waals surface area contributed by atoms with Crippen LogP contribution in [0, 0.1) is 11.3 Å². The molecule has 0 fully saturated rings. The average molecular weight is 573 g/mol. The molecule has 2 aliphatic heterocycles. The quantitative estimate of drug-likeness (QED) is 0.252. The van der Waals surface area contributed by atoms with Crippen LogP contribution < -0.4 is 10.3 Å². The molecular weight excluding hydrogens is 541 g/mol. The lowest BCUT2D eigenvalue weighted by Gasteiger charge is -2.35. The van der Waals surface area contributed by atoms with Gasteiger partial charge in [0.1, 0.15) is 5.00 Å². The molecule has 2 atom stereocenters. The maximum Gasteiger partial charge on any atom is 0.241 e. The van der Waals surface area contributed by atoms with Crippen molar-refractivity contribution in [2.24, 2.45) is 16.4 Å². The Bertz CT molecular complexity index is 1520. The minimum atomic E-state index is -0.0341. The fraction of sp³-hybridized carbons (Fsp3) is 0.367. The fourth-order valence-corrected chi connectivity index (χ4v) is 9.09. The number of hydrogen-bond donors (Lipinski definition) is 1. The molecule has 0 amide bonds. The number of nitrogens with one attached hydrogen (secondary N) is 1. The maximum atomic E-state index is 4.85. The van der Waals surface area contributed by atoms with E-state index in [4.69, 9.17) is 15.3 Å². The summed E-state index contributed by atoms with van der Waals surface area (Å²) in [7, 11) is 0. The fourth-order valence-electron chi connectivity index (χ4n) is 5.75. The molecule has 9 heteroatoms. The third-order valence-corrected chi connectivity index (χ3v) is 11.3. The Morgan fingerprint density at radius 1 is 0.949 bits per heavy atom. The van der Waals surface area contributed by atoms with Crippen molar-refractivity contribution in [3.8, 4) is 5.00 Å². The first kappa shape index (κ1) is 25.2. The molecular formula is C30H32N6S3. The van der Waals surface area contributed by atoms with Gasteiger partial charge in [0.05, 0.1) is 0 Å². The van der Waals surface area contributed by atoms with Gasteiger partial charge in [-0.2, -0.15) is 5.10 Å². The zero-order valence-electron chi connectivity index (χ0n) is 22.4. The van der Waals surface area contributed by atoms with Crippen LogP contribution in [0.3, 0.4) is 0 Å². The number of benzene rings is 2. The molecule has 4 heterocycles. The van der Waals surface area contributed by atoms with Crippen LogP contribution in [-0.2, 0) is 24.3 Å². The number of hydrazone groups is 1. The van der Waals surface area contributed by atoms with Crippen molar-refractivity contribution in [3.63, 3.8) is 0 Å². The second-order valence-corrected chi connectivity index (χ2v) is 14.5. The minimum Gasteiger partial charge on any atom is -0.280 e. The van der Waals surface area contributed by atoms with Crippen molar-refractivity contribution < 1.29 is 0 Å². The number of fused-ring (bicyclic) bond motifs is 8. The predicted molar refractivity (Wildman–Crippen MR) is 164 cm³/mol. The molecule has 4 aromatic rings. The van der Waals surface area contributed by atoms with Crippen molar-refractivity contribution in [2.45, 2.75) is 62.9 Å². The molecule has 1 N–H and O–H groups in total. The first-order valence-corrected chi connectivity index (χ1v) is 16.3. The van der Waals surface area contributed by atoms with Gasteiger partial charge in [0.15, 0.2) is 16.5 Å². The van der Waals surface area contributed by atoms with Crippen molar-refractivity contribution in [2.75, 3.05) is 4.90 Å². The summed E-state index contributed by atoms with van der Waals surface area (Å²) in [5.74, 6) is 3.27. The zero-order chi connectivity index (χ0) is 26.6. The van der Waals surface area contributed by atoms with Crippen molar-refractivity contribution >= 4 is 46.0 Å². The Balaban J connectivity index is 1.27. The Kier molecular flexibility index (Phi) is 6.48. The molecule has 1 aliphatic carbocycles. The second-order valence-electron chi connectivity index (χ2n) is 11.5. The average Bonchev–Trinajstić information content (AvgIpc) is 3.65. The van der Waals surface area contributed by atoms with E-state index >= 15 is 0 Å². The second kappa shape index (κ2) is 10.0. The molecule has 1 unspecified atom stereocenters. The summed E-state index contributed by atoms with van der Waals surface area (Å²) in [4.78, 5) is 3.80. The Labute approximate surface area is 242 Å². The van der Waals surface area contributed by atoms with Gasteiger partial charge >= 0.3 is 0 Å². The standard InChI is InChI=1S/C30H32N6S3/c1-30(2,3)21-14-15-22-23(16-21)39-26-24(22)25-31-33-28(37-17-19-10-6-4-7-11-19)35(25)27-32-34-29(36(26)27)38-18-20-12-8-5-9-13-20/h4-13,21,25,31H,14-18H2,1-3H3/t21-,25?/m1/s1. The number of rotatable bonds is 5. The van der Waals surface area contributed by atoms with Crippen molar-refractivity contribution in [1.29, 1.82) is 0 Å². The van der Waals surface area contributed by atoms with E-state index in [1.165, 1.54) is 38.6 Å². The first-order valence-electron chi connectivity index (χ1n) is 13.5. The summed E-state index contributed by atoms with van der Waals surface area (Å²) in [6, 6.07) is 21.2. The summed E-state index contributed by atoms with van der Waals surface area (Å²) in [6.07, 6.45) is 3.45. The molecule has 0 spiro atoms. The zero-order valence-corrected chi connectivity index (χ0v) is 24.9. The maximum absolute atomic E-state index is 4.85. The van der Waals surface area contributed by atoms with Gasteiger partial charge in [0.25, 0.3) is 0 Å². The van der Waals surface area contributed by atoms with E-state index in [2.05, 4.69) is 96.3 Å². The summed E-state index contributed by atoms with van der Waals surface area (Å²) < 4.78 is 2.31. The van der Waals surface area contributed by atoms with Crippen molar-refractivity contribution in [3.05, 3.63) is 87.8 Å². The van der Waals surface area contributed by atoms with E-state index in [1.54, 1.807) is 23.5 Å². The summed E-state index contributed by atoms with van der Waals surface area (Å²) in [5, 5.41) is 17.5. The lowest BCUT2D eigenvalue weighted by molar-refractivity contribution is 0.217. The van der Waals surface area contributed by atoms with Crippen LogP contribution in [-0.4, -0.2) is 19.9 Å². The number of amidine groups is 1. The topological polar surface area (TPSA) is 58.3 Å². The normalized spacial score (nSPS) is 19.6. The van der Waals surface area contributed by atoms with Gasteiger partial charge in [-0.25, -0.2) is 4.57 Å². The van der Waals surface area contributed by atoms with Crippen LogP contribution in [0.15, 0.2) is 70.9 Å². The van der Waals surface area contributed by atoms with E-state index in [0.29, 0.717) is 11.3 Å². The number of anilines is 1. The molecule has 0 bridgehead atoms. The lowest BCUT2D eigenvalue weighted by Crippen LogP contribution is -2.38. The molecule has 0 saturated carbocycles. The molecule has 39 heavy (non-hydrogen) atoms. The molecule has 2 aromatic carbocycles. The highest BCUT2D eigenvalue weighted by molar-refractivity contribution is 8.13. The van der Waals surface area contributed by atoms with Crippen LogP contribution in [0.1, 0.15) is 60.5 Å². The smallest absolute Gasteiger partial charge is 0.241 e. The third kappa shape index (κ3) is 4.58. The van der Waals surface area contributed by atoms with Crippen LogP contribution >= 0.6 is 34.9 Å². The highest BCUT2D eigenvalue weighted by atomic mass is 32.2. The SMILES string of the molecule is CC(C)(C)[C@@H]1CCc2c(sc3c2C2NN=C(SCc4ccccc4)N2c2nnc(SCc4ccccc4)n2-3)C1. The molecule has 7 rings (SSSR count). The number of thioether (sulfide) groups is 2. The number of thiophene rings is 1. The molecule has 3 aliphatic rings. The molecule has 200 valence electrons. The van der Waals surface area contributed by atoms with Gasteiger partial charge in [-0.3, -0.25) is 10.3 Å². The van der Waals surface area contributed by atoms with Crippen LogP contribution in [0.25, 0.3) is 5.00 Å². The molecule has 6 nitrogen and oxygen atoms in total. The van der Waals surface area contributed by atoms with Crippen LogP contribution in [0.5, 0.6) is 0 Å². The Morgan fingerprint density at radius 2 is 1.64 bits per heavy atom. The van der Waals surface area contributed by atoms with Gasteiger partial charge in [0, 0.05) is 21.9 Å². The number of hydrogen-bond acceptors (Lipinski definition) is 8. The van der Waals surface area contributed by atoms with Crippen molar-refractivity contribution in [1.82, 2.24) is 20.2 Å². The molecule has 0 saturated heterocycles. The van der Waals surface area contributed by atoms with Gasteiger partial charge in [-0.05, 0) is 47.3 Å². The van der Waals surface area contributed by atoms with Gasteiger partial charge in [0.2, 0.25) is 5.95 Å². The van der Waals surface area contributed by atoms with Crippen LogP contribution in [0.2, 0.25) is 0 Å². The van der Waals surface area contributed by atoms with E-state index in [0.717, 1.165) is 40.6 Å². The monoisotopic (exact) mass is 572 g/mol. The van der Waals surface area contributed by atoms with Gasteiger partial charge < -0.3 is 0 Å². The first-order chi connectivity index (χ1) is 19.0. The molecule has 0 radical (unpaired) electrons. The minimum absolute atomic E-state index is 0.0341. The Morgan fingerprint density at radius 3 is 2.33 bits per heavy atom. The van der Waals surface area contributed by atoms with Crippen LogP contribution in [0.4, 0.5) is 5.95 Å². The number of nitrogens with zero attached hydrogens (tertiary/aromatic N) is 5. The Hall–Kier alpha value is -2.75. The lowest BCUT2D eigenvalue weighted by atomic mass is 9.72. The van der Waals surface area contributed by atoms with Gasteiger partial charge in [-0.15, -0.1) is 21.5 Å².